The Kier molecular flexibility index (Phi) is 3.57. The van der Waals surface area contributed by atoms with Crippen LogP contribution in [0.3, 0.4) is 0 Å². The van der Waals surface area contributed by atoms with Crippen LogP contribution in [0, 0.1) is 5.92 Å². The number of hydrogen-bond donors (Lipinski definition) is 2. The summed E-state index contributed by atoms with van der Waals surface area (Å²) in [5.41, 5.74) is 4.13. The smallest absolute Gasteiger partial charge is 0.0701 e. The van der Waals surface area contributed by atoms with Crippen molar-refractivity contribution in [2.75, 3.05) is 13.2 Å². The quantitative estimate of drug-likeness (QED) is 0.656. The Balaban J connectivity index is 2.12. The third kappa shape index (κ3) is 2.17. The van der Waals surface area contributed by atoms with Gasteiger partial charge in [0, 0.05) is 12.5 Å². The lowest BCUT2D eigenvalue weighted by Gasteiger charge is -2.20. The second-order valence-electron chi connectivity index (χ2n) is 3.45. The topological polar surface area (TPSA) is 47.3 Å². The van der Waals surface area contributed by atoms with Crippen LogP contribution in [0.25, 0.3) is 0 Å². The van der Waals surface area contributed by atoms with Gasteiger partial charge in [-0.25, -0.2) is 0 Å². The molecule has 1 aromatic heterocycles. The lowest BCUT2D eigenvalue weighted by atomic mass is 9.95. The Morgan fingerprint density at radius 2 is 2.57 bits per heavy atom. The first-order valence-corrected chi connectivity index (χ1v) is 6.26. The summed E-state index contributed by atoms with van der Waals surface area (Å²) in [6.45, 7) is 1.66. The molecule has 2 heterocycles. The molecule has 0 radical (unpaired) electrons. The average Bonchev–Trinajstić information content (AvgIpc) is 2.79. The molecular weight excluding hydrogens is 264 g/mol. The van der Waals surface area contributed by atoms with Crippen molar-refractivity contribution in [2.24, 2.45) is 11.8 Å². The summed E-state index contributed by atoms with van der Waals surface area (Å²) >= 11 is 5.14. The van der Waals surface area contributed by atoms with E-state index in [0.717, 1.165) is 23.4 Å². The standard InChI is InChI=1S/C9H13BrN2OS/c10-8-3-7(5-14-8)9(12-11)6-1-2-13-4-6/h3,5-6,9,12H,1-2,4,11H2. The maximum Gasteiger partial charge on any atom is 0.0701 e. The summed E-state index contributed by atoms with van der Waals surface area (Å²) in [5.74, 6) is 6.08. The van der Waals surface area contributed by atoms with Crippen molar-refractivity contribution in [3.63, 3.8) is 0 Å². The normalized spacial score (nSPS) is 24.0. The molecular formula is C9H13BrN2OS. The molecule has 78 valence electrons. The van der Waals surface area contributed by atoms with Crippen molar-refractivity contribution in [3.8, 4) is 0 Å². The highest BCUT2D eigenvalue weighted by molar-refractivity contribution is 9.11. The fourth-order valence-electron chi connectivity index (χ4n) is 1.81. The fraction of sp³-hybridized carbons (Fsp3) is 0.556. The maximum absolute atomic E-state index is 5.58. The highest BCUT2D eigenvalue weighted by Crippen LogP contribution is 2.32. The van der Waals surface area contributed by atoms with Gasteiger partial charge in [0.1, 0.15) is 0 Å². The molecule has 0 aliphatic carbocycles. The van der Waals surface area contributed by atoms with E-state index >= 15 is 0 Å². The number of thiophene rings is 1. The predicted octanol–water partition coefficient (Wildman–Crippen LogP) is 2.05. The van der Waals surface area contributed by atoms with Gasteiger partial charge >= 0.3 is 0 Å². The summed E-state index contributed by atoms with van der Waals surface area (Å²) in [5, 5.41) is 2.13. The van der Waals surface area contributed by atoms with Crippen LogP contribution in [0.1, 0.15) is 18.0 Å². The van der Waals surface area contributed by atoms with Crippen LogP contribution in [-0.2, 0) is 4.74 Å². The first-order valence-electron chi connectivity index (χ1n) is 4.59. The van der Waals surface area contributed by atoms with E-state index in [-0.39, 0.29) is 6.04 Å². The minimum atomic E-state index is 0.222. The molecule has 2 rings (SSSR count). The number of hydrazine groups is 1. The van der Waals surface area contributed by atoms with E-state index in [1.54, 1.807) is 11.3 Å². The SMILES string of the molecule is NNC(c1csc(Br)c1)C1CCOC1. The molecule has 0 bridgehead atoms. The molecule has 14 heavy (non-hydrogen) atoms. The number of nitrogens with two attached hydrogens (primary N) is 1. The van der Waals surface area contributed by atoms with E-state index < -0.39 is 0 Å². The summed E-state index contributed by atoms with van der Waals surface area (Å²) < 4.78 is 6.51. The molecule has 1 aliphatic rings. The van der Waals surface area contributed by atoms with Gasteiger partial charge in [-0.1, -0.05) is 0 Å². The Morgan fingerprint density at radius 3 is 3.07 bits per heavy atom. The van der Waals surface area contributed by atoms with E-state index in [1.807, 2.05) is 0 Å². The Morgan fingerprint density at radius 1 is 1.71 bits per heavy atom. The first-order chi connectivity index (χ1) is 6.81. The van der Waals surface area contributed by atoms with Gasteiger partial charge in [-0.15, -0.1) is 11.3 Å². The Labute approximate surface area is 95.7 Å². The average molecular weight is 277 g/mol. The van der Waals surface area contributed by atoms with Crippen molar-refractivity contribution in [1.29, 1.82) is 0 Å². The van der Waals surface area contributed by atoms with E-state index in [9.17, 15) is 0 Å². The monoisotopic (exact) mass is 276 g/mol. The van der Waals surface area contributed by atoms with Gasteiger partial charge in [0.2, 0.25) is 0 Å². The largest absolute Gasteiger partial charge is 0.381 e. The van der Waals surface area contributed by atoms with Crippen LogP contribution in [0.15, 0.2) is 15.2 Å². The van der Waals surface area contributed by atoms with Gasteiger partial charge in [0.05, 0.1) is 16.4 Å². The van der Waals surface area contributed by atoms with Crippen LogP contribution in [0.5, 0.6) is 0 Å². The van der Waals surface area contributed by atoms with Crippen molar-refractivity contribution in [2.45, 2.75) is 12.5 Å². The zero-order chi connectivity index (χ0) is 9.97. The lowest BCUT2D eigenvalue weighted by Crippen LogP contribution is -2.33. The van der Waals surface area contributed by atoms with Crippen molar-refractivity contribution in [3.05, 3.63) is 20.8 Å². The maximum atomic E-state index is 5.58. The highest BCUT2D eigenvalue weighted by Gasteiger charge is 2.26. The van der Waals surface area contributed by atoms with Crippen molar-refractivity contribution in [1.82, 2.24) is 5.43 Å². The molecule has 1 aromatic rings. The van der Waals surface area contributed by atoms with E-state index in [2.05, 4.69) is 32.8 Å². The minimum absolute atomic E-state index is 0.222. The fourth-order valence-corrected chi connectivity index (χ4v) is 3.02. The number of rotatable bonds is 3. The van der Waals surface area contributed by atoms with E-state index in [0.29, 0.717) is 5.92 Å². The van der Waals surface area contributed by atoms with Gasteiger partial charge in [-0.3, -0.25) is 11.3 Å². The molecule has 0 saturated carbocycles. The third-order valence-electron chi connectivity index (χ3n) is 2.56. The molecule has 3 N–H and O–H groups in total. The van der Waals surface area contributed by atoms with E-state index in [4.69, 9.17) is 10.6 Å². The summed E-state index contributed by atoms with van der Waals surface area (Å²) in [6, 6.07) is 2.34. The number of nitrogens with one attached hydrogen (secondary N) is 1. The molecule has 0 amide bonds. The summed E-state index contributed by atoms with van der Waals surface area (Å²) in [4.78, 5) is 0. The molecule has 0 aromatic carbocycles. The molecule has 1 saturated heterocycles. The van der Waals surface area contributed by atoms with Gasteiger partial charge in [0.25, 0.3) is 0 Å². The van der Waals surface area contributed by atoms with Gasteiger partial charge < -0.3 is 4.74 Å². The first kappa shape index (κ1) is 10.6. The van der Waals surface area contributed by atoms with Gasteiger partial charge in [-0.2, -0.15) is 0 Å². The third-order valence-corrected chi connectivity index (χ3v) is 4.09. The number of hydrogen-bond acceptors (Lipinski definition) is 4. The molecule has 5 heteroatoms. The second-order valence-corrected chi connectivity index (χ2v) is 5.74. The summed E-state index contributed by atoms with van der Waals surface area (Å²) in [6.07, 6.45) is 1.09. The second kappa shape index (κ2) is 4.72. The van der Waals surface area contributed by atoms with Crippen LogP contribution in [0.2, 0.25) is 0 Å². The molecule has 2 atom stereocenters. The Hall–Kier alpha value is 0.0600. The number of ether oxygens (including phenoxy) is 1. The molecule has 1 aliphatic heterocycles. The van der Waals surface area contributed by atoms with Gasteiger partial charge in [0.15, 0.2) is 0 Å². The van der Waals surface area contributed by atoms with E-state index in [1.165, 1.54) is 5.56 Å². The predicted molar refractivity (Wildman–Crippen MR) is 61.0 cm³/mol. The van der Waals surface area contributed by atoms with Crippen LogP contribution >= 0.6 is 27.3 Å². The number of halogens is 1. The Bertz CT molecular complexity index is 299. The zero-order valence-electron chi connectivity index (χ0n) is 7.70. The summed E-state index contributed by atoms with van der Waals surface area (Å²) in [7, 11) is 0. The lowest BCUT2D eigenvalue weighted by molar-refractivity contribution is 0.177. The van der Waals surface area contributed by atoms with Crippen molar-refractivity contribution >= 4 is 27.3 Å². The van der Waals surface area contributed by atoms with Gasteiger partial charge in [-0.05, 0) is 39.4 Å². The minimum Gasteiger partial charge on any atom is -0.381 e. The van der Waals surface area contributed by atoms with Crippen LogP contribution < -0.4 is 11.3 Å². The molecule has 3 nitrogen and oxygen atoms in total. The highest BCUT2D eigenvalue weighted by atomic mass is 79.9. The van der Waals surface area contributed by atoms with Crippen LogP contribution in [0.4, 0.5) is 0 Å². The van der Waals surface area contributed by atoms with Crippen LogP contribution in [-0.4, -0.2) is 13.2 Å². The molecule has 0 spiro atoms. The molecule has 1 fully saturated rings. The zero-order valence-corrected chi connectivity index (χ0v) is 10.1. The molecule has 2 unspecified atom stereocenters. The van der Waals surface area contributed by atoms with Crippen molar-refractivity contribution < 1.29 is 4.74 Å².